The number of hydrogen-bond acceptors (Lipinski definition) is 3. The Kier molecular flexibility index (Phi) is 5.16. The molecule has 132 valence electrons. The molecular formula is C16H29N3O3S. The van der Waals surface area contributed by atoms with Crippen molar-refractivity contribution < 1.29 is 13.2 Å². The predicted octanol–water partition coefficient (Wildman–Crippen LogP) is 1.63. The molecule has 1 aliphatic carbocycles. The summed E-state index contributed by atoms with van der Waals surface area (Å²) < 4.78 is 27.3. The zero-order chi connectivity index (χ0) is 16.4. The van der Waals surface area contributed by atoms with E-state index in [1.54, 1.807) is 4.31 Å². The second kappa shape index (κ2) is 6.97. The van der Waals surface area contributed by atoms with Crippen molar-refractivity contribution in [3.05, 3.63) is 0 Å². The highest BCUT2D eigenvalue weighted by molar-refractivity contribution is 7.89. The summed E-state index contributed by atoms with van der Waals surface area (Å²) in [6.07, 6.45) is 6.19. The molecule has 1 N–H and O–H groups in total. The molecule has 3 unspecified atom stereocenters. The maximum absolute atomic E-state index is 12.8. The molecule has 0 radical (unpaired) electrons. The number of rotatable bonds is 4. The van der Waals surface area contributed by atoms with Gasteiger partial charge in [-0.25, -0.2) is 13.2 Å². The SMILES string of the molecule is CC1CCCC(CS(=O)(=O)N2CCCC(N3CCNC3=O)C2)C1. The second-order valence-electron chi connectivity index (χ2n) is 7.50. The first kappa shape index (κ1) is 17.0. The molecule has 2 amide bonds. The summed E-state index contributed by atoms with van der Waals surface area (Å²) in [6, 6.07) is -0.0124. The summed E-state index contributed by atoms with van der Waals surface area (Å²) in [4.78, 5) is 13.6. The Morgan fingerprint density at radius 3 is 2.70 bits per heavy atom. The Labute approximate surface area is 139 Å². The van der Waals surface area contributed by atoms with Crippen LogP contribution in [0.5, 0.6) is 0 Å². The van der Waals surface area contributed by atoms with Gasteiger partial charge >= 0.3 is 6.03 Å². The molecule has 3 rings (SSSR count). The number of hydrogen-bond donors (Lipinski definition) is 1. The first-order valence-corrected chi connectivity index (χ1v) is 10.6. The predicted molar refractivity (Wildman–Crippen MR) is 89.6 cm³/mol. The highest BCUT2D eigenvalue weighted by Gasteiger charge is 2.36. The van der Waals surface area contributed by atoms with E-state index in [0.717, 1.165) is 32.1 Å². The zero-order valence-corrected chi connectivity index (χ0v) is 14.9. The molecule has 0 spiro atoms. The Bertz CT molecular complexity index is 537. The summed E-state index contributed by atoms with van der Waals surface area (Å²) in [5, 5.41) is 2.81. The minimum Gasteiger partial charge on any atom is -0.336 e. The van der Waals surface area contributed by atoms with Crippen molar-refractivity contribution in [1.82, 2.24) is 14.5 Å². The van der Waals surface area contributed by atoms with Crippen LogP contribution < -0.4 is 5.32 Å². The lowest BCUT2D eigenvalue weighted by Gasteiger charge is -2.37. The molecule has 3 fully saturated rings. The number of sulfonamides is 1. The molecule has 3 atom stereocenters. The van der Waals surface area contributed by atoms with Crippen molar-refractivity contribution in [2.24, 2.45) is 11.8 Å². The number of carbonyl (C=O) groups excluding carboxylic acids is 1. The third kappa shape index (κ3) is 3.99. The monoisotopic (exact) mass is 343 g/mol. The van der Waals surface area contributed by atoms with Gasteiger partial charge in [0.1, 0.15) is 0 Å². The number of urea groups is 1. The number of amides is 2. The summed E-state index contributed by atoms with van der Waals surface area (Å²) in [5.41, 5.74) is 0. The molecule has 3 aliphatic rings. The average Bonchev–Trinajstić information content (AvgIpc) is 2.93. The van der Waals surface area contributed by atoms with Crippen LogP contribution in [-0.4, -0.2) is 61.6 Å². The van der Waals surface area contributed by atoms with Crippen molar-refractivity contribution in [2.45, 2.75) is 51.5 Å². The summed E-state index contributed by atoms with van der Waals surface area (Å²) >= 11 is 0. The van der Waals surface area contributed by atoms with E-state index in [9.17, 15) is 13.2 Å². The molecule has 7 heteroatoms. The van der Waals surface area contributed by atoms with E-state index in [4.69, 9.17) is 0 Å². The van der Waals surface area contributed by atoms with Crippen LogP contribution in [0.3, 0.4) is 0 Å². The molecule has 6 nitrogen and oxygen atoms in total. The minimum atomic E-state index is -3.21. The van der Waals surface area contributed by atoms with Crippen LogP contribution in [0.4, 0.5) is 4.79 Å². The molecule has 1 saturated carbocycles. The number of carbonyl (C=O) groups is 1. The van der Waals surface area contributed by atoms with E-state index in [1.807, 2.05) is 4.90 Å². The van der Waals surface area contributed by atoms with Gasteiger partial charge in [-0.05, 0) is 37.5 Å². The van der Waals surface area contributed by atoms with Gasteiger partial charge in [0.25, 0.3) is 0 Å². The Morgan fingerprint density at radius 1 is 1.17 bits per heavy atom. The van der Waals surface area contributed by atoms with Crippen LogP contribution >= 0.6 is 0 Å². The Morgan fingerprint density at radius 2 is 2.00 bits per heavy atom. The Hall–Kier alpha value is -0.820. The molecule has 0 bridgehead atoms. The fourth-order valence-electron chi connectivity index (χ4n) is 4.38. The lowest BCUT2D eigenvalue weighted by molar-refractivity contribution is 0.163. The summed E-state index contributed by atoms with van der Waals surface area (Å²) in [6.45, 7) is 4.66. The number of piperidine rings is 1. The second-order valence-corrected chi connectivity index (χ2v) is 9.51. The molecule has 2 saturated heterocycles. The molecule has 2 aliphatic heterocycles. The van der Waals surface area contributed by atoms with Gasteiger partial charge < -0.3 is 10.2 Å². The van der Waals surface area contributed by atoms with Crippen LogP contribution in [-0.2, 0) is 10.0 Å². The van der Waals surface area contributed by atoms with Crippen LogP contribution in [0.2, 0.25) is 0 Å². The molecule has 23 heavy (non-hydrogen) atoms. The van der Waals surface area contributed by atoms with Crippen LogP contribution in [0.15, 0.2) is 0 Å². The fraction of sp³-hybridized carbons (Fsp3) is 0.938. The van der Waals surface area contributed by atoms with Gasteiger partial charge in [0.15, 0.2) is 0 Å². The van der Waals surface area contributed by atoms with Crippen LogP contribution in [0, 0.1) is 11.8 Å². The summed E-state index contributed by atoms with van der Waals surface area (Å²) in [7, 11) is -3.21. The molecule has 2 heterocycles. The van der Waals surface area contributed by atoms with Crippen LogP contribution in [0.25, 0.3) is 0 Å². The maximum atomic E-state index is 12.8. The van der Waals surface area contributed by atoms with E-state index in [2.05, 4.69) is 12.2 Å². The van der Waals surface area contributed by atoms with Gasteiger partial charge in [-0.15, -0.1) is 0 Å². The fourth-order valence-corrected chi connectivity index (χ4v) is 6.29. The van der Waals surface area contributed by atoms with Gasteiger partial charge in [0.2, 0.25) is 10.0 Å². The molecular weight excluding hydrogens is 314 g/mol. The van der Waals surface area contributed by atoms with Crippen molar-refractivity contribution in [3.63, 3.8) is 0 Å². The van der Waals surface area contributed by atoms with Gasteiger partial charge in [-0.1, -0.05) is 19.8 Å². The van der Waals surface area contributed by atoms with Crippen molar-refractivity contribution in [2.75, 3.05) is 31.9 Å². The molecule has 0 aromatic heterocycles. The average molecular weight is 343 g/mol. The van der Waals surface area contributed by atoms with Crippen LogP contribution in [0.1, 0.15) is 45.4 Å². The van der Waals surface area contributed by atoms with Gasteiger partial charge in [0.05, 0.1) is 5.75 Å². The van der Waals surface area contributed by atoms with Gasteiger partial charge in [-0.2, -0.15) is 4.31 Å². The lowest BCUT2D eigenvalue weighted by Crippen LogP contribution is -2.51. The van der Waals surface area contributed by atoms with E-state index < -0.39 is 10.0 Å². The highest BCUT2D eigenvalue weighted by Crippen LogP contribution is 2.31. The minimum absolute atomic E-state index is 0.0336. The number of nitrogens with one attached hydrogen (secondary N) is 1. The standard InChI is InChI=1S/C16H29N3O3S/c1-13-4-2-5-14(10-13)12-23(21,22)18-8-3-6-15(11-18)19-9-7-17-16(19)20/h13-15H,2-12H2,1H3,(H,17,20). The van der Waals surface area contributed by atoms with E-state index >= 15 is 0 Å². The largest absolute Gasteiger partial charge is 0.336 e. The first-order chi connectivity index (χ1) is 11.0. The zero-order valence-electron chi connectivity index (χ0n) is 14.0. The van der Waals surface area contributed by atoms with Crippen molar-refractivity contribution in [3.8, 4) is 0 Å². The number of nitrogens with zero attached hydrogens (tertiary/aromatic N) is 2. The highest BCUT2D eigenvalue weighted by atomic mass is 32.2. The van der Waals surface area contributed by atoms with Crippen molar-refractivity contribution >= 4 is 16.1 Å². The maximum Gasteiger partial charge on any atom is 0.317 e. The smallest absolute Gasteiger partial charge is 0.317 e. The molecule has 0 aromatic rings. The summed E-state index contributed by atoms with van der Waals surface area (Å²) in [5.74, 6) is 1.24. The van der Waals surface area contributed by atoms with Gasteiger partial charge in [0, 0.05) is 32.2 Å². The topological polar surface area (TPSA) is 69.7 Å². The third-order valence-electron chi connectivity index (χ3n) is 5.57. The third-order valence-corrected chi connectivity index (χ3v) is 7.59. The van der Waals surface area contributed by atoms with E-state index in [-0.39, 0.29) is 17.8 Å². The first-order valence-electron chi connectivity index (χ1n) is 8.98. The van der Waals surface area contributed by atoms with Crippen molar-refractivity contribution in [1.29, 1.82) is 0 Å². The molecule has 0 aromatic carbocycles. The normalized spacial score (nSPS) is 33.7. The van der Waals surface area contributed by atoms with E-state index in [0.29, 0.717) is 38.0 Å². The quantitative estimate of drug-likeness (QED) is 0.843. The lowest BCUT2D eigenvalue weighted by atomic mass is 9.83. The Balaban J connectivity index is 1.61. The van der Waals surface area contributed by atoms with E-state index in [1.165, 1.54) is 6.42 Å². The van der Waals surface area contributed by atoms with Gasteiger partial charge in [-0.3, -0.25) is 0 Å².